The SMILES string of the molecule is O=c1[nH]cnc(Nc2ccc(N3CCCCC3)cc2)c1Br. The number of hydrogen-bond acceptors (Lipinski definition) is 4. The smallest absolute Gasteiger partial charge is 0.267 e. The molecule has 2 heterocycles. The maximum Gasteiger partial charge on any atom is 0.267 e. The third kappa shape index (κ3) is 3.26. The number of anilines is 3. The molecule has 1 aliphatic heterocycles. The summed E-state index contributed by atoms with van der Waals surface area (Å²) in [6.07, 6.45) is 5.25. The number of nitrogens with zero attached hydrogens (tertiary/aromatic N) is 2. The zero-order valence-corrected chi connectivity index (χ0v) is 13.2. The van der Waals surface area contributed by atoms with Gasteiger partial charge < -0.3 is 15.2 Å². The molecule has 0 bridgehead atoms. The predicted octanol–water partition coefficient (Wildman–Crippen LogP) is 3.27. The Bertz CT molecular complexity index is 662. The van der Waals surface area contributed by atoms with Crippen LogP contribution in [0.1, 0.15) is 19.3 Å². The Morgan fingerprint density at radius 1 is 1.14 bits per heavy atom. The molecule has 3 rings (SSSR count). The third-order valence-corrected chi connectivity index (χ3v) is 4.38. The molecular formula is C15H17BrN4O. The van der Waals surface area contributed by atoms with Gasteiger partial charge in [0.1, 0.15) is 4.47 Å². The lowest BCUT2D eigenvalue weighted by atomic mass is 10.1. The van der Waals surface area contributed by atoms with Gasteiger partial charge in [-0.3, -0.25) is 4.79 Å². The molecule has 110 valence electrons. The molecular weight excluding hydrogens is 332 g/mol. The highest BCUT2D eigenvalue weighted by atomic mass is 79.9. The molecule has 0 amide bonds. The van der Waals surface area contributed by atoms with Gasteiger partial charge in [0.2, 0.25) is 0 Å². The van der Waals surface area contributed by atoms with Crippen LogP contribution >= 0.6 is 15.9 Å². The summed E-state index contributed by atoms with van der Waals surface area (Å²) in [6, 6.07) is 8.24. The van der Waals surface area contributed by atoms with Crippen LogP contribution in [0.2, 0.25) is 0 Å². The van der Waals surface area contributed by atoms with E-state index in [-0.39, 0.29) is 5.56 Å². The molecule has 0 saturated carbocycles. The highest BCUT2D eigenvalue weighted by molar-refractivity contribution is 9.10. The van der Waals surface area contributed by atoms with Gasteiger partial charge in [-0.1, -0.05) is 0 Å². The molecule has 0 aliphatic carbocycles. The number of hydrogen-bond donors (Lipinski definition) is 2. The molecule has 2 aromatic rings. The van der Waals surface area contributed by atoms with E-state index in [9.17, 15) is 4.79 Å². The summed E-state index contributed by atoms with van der Waals surface area (Å²) in [5, 5.41) is 3.15. The van der Waals surface area contributed by atoms with Gasteiger partial charge in [0, 0.05) is 24.5 Å². The highest BCUT2D eigenvalue weighted by Crippen LogP contribution is 2.24. The van der Waals surface area contributed by atoms with E-state index in [1.807, 2.05) is 12.1 Å². The van der Waals surface area contributed by atoms with Crippen molar-refractivity contribution in [2.75, 3.05) is 23.3 Å². The second-order valence-electron chi connectivity index (χ2n) is 5.11. The van der Waals surface area contributed by atoms with Crippen LogP contribution in [0.25, 0.3) is 0 Å². The van der Waals surface area contributed by atoms with Gasteiger partial charge >= 0.3 is 0 Å². The lowest BCUT2D eigenvalue weighted by Gasteiger charge is -2.28. The van der Waals surface area contributed by atoms with Crippen molar-refractivity contribution >= 4 is 33.1 Å². The lowest BCUT2D eigenvalue weighted by molar-refractivity contribution is 0.578. The average Bonchev–Trinajstić information content (AvgIpc) is 2.53. The molecule has 0 spiro atoms. The van der Waals surface area contributed by atoms with Crippen molar-refractivity contribution in [1.82, 2.24) is 9.97 Å². The maximum atomic E-state index is 11.5. The Kier molecular flexibility index (Phi) is 4.24. The zero-order valence-electron chi connectivity index (χ0n) is 11.6. The summed E-state index contributed by atoms with van der Waals surface area (Å²) in [7, 11) is 0. The fourth-order valence-corrected chi connectivity index (χ4v) is 2.83. The largest absolute Gasteiger partial charge is 0.372 e. The Morgan fingerprint density at radius 3 is 2.57 bits per heavy atom. The van der Waals surface area contributed by atoms with Crippen molar-refractivity contribution < 1.29 is 0 Å². The standard InChI is InChI=1S/C15H17BrN4O/c16-13-14(17-10-18-15(13)21)19-11-4-6-12(7-5-11)20-8-2-1-3-9-20/h4-7,10H,1-3,8-9H2,(H2,17,18,19,21). The Hall–Kier alpha value is -1.82. The fraction of sp³-hybridized carbons (Fsp3) is 0.333. The van der Waals surface area contributed by atoms with Crippen LogP contribution in [0, 0.1) is 0 Å². The van der Waals surface area contributed by atoms with E-state index in [4.69, 9.17) is 0 Å². The Balaban J connectivity index is 1.75. The van der Waals surface area contributed by atoms with Crippen molar-refractivity contribution in [3.8, 4) is 0 Å². The van der Waals surface area contributed by atoms with Crippen LogP contribution in [-0.2, 0) is 0 Å². The fourth-order valence-electron chi connectivity index (χ4n) is 2.51. The summed E-state index contributed by atoms with van der Waals surface area (Å²) in [5.41, 5.74) is 1.96. The van der Waals surface area contributed by atoms with Crippen molar-refractivity contribution in [3.05, 3.63) is 45.4 Å². The van der Waals surface area contributed by atoms with Gasteiger partial charge in [0.05, 0.1) is 6.33 Å². The molecule has 5 nitrogen and oxygen atoms in total. The average molecular weight is 349 g/mol. The van der Waals surface area contributed by atoms with E-state index >= 15 is 0 Å². The molecule has 1 fully saturated rings. The van der Waals surface area contributed by atoms with Crippen molar-refractivity contribution in [2.24, 2.45) is 0 Å². The molecule has 0 radical (unpaired) electrons. The molecule has 1 saturated heterocycles. The first-order chi connectivity index (χ1) is 10.2. The first kappa shape index (κ1) is 14.1. The van der Waals surface area contributed by atoms with Crippen LogP contribution in [0.4, 0.5) is 17.2 Å². The van der Waals surface area contributed by atoms with Gasteiger partial charge in [0.25, 0.3) is 5.56 Å². The molecule has 1 aromatic carbocycles. The number of aromatic nitrogens is 2. The molecule has 0 unspecified atom stereocenters. The highest BCUT2D eigenvalue weighted by Gasteiger charge is 2.11. The van der Waals surface area contributed by atoms with Crippen LogP contribution < -0.4 is 15.8 Å². The van der Waals surface area contributed by atoms with Gasteiger partial charge in [0.15, 0.2) is 5.82 Å². The second-order valence-corrected chi connectivity index (χ2v) is 5.91. The third-order valence-electron chi connectivity index (χ3n) is 3.65. The lowest BCUT2D eigenvalue weighted by Crippen LogP contribution is -2.29. The van der Waals surface area contributed by atoms with E-state index in [0.717, 1.165) is 18.8 Å². The number of H-pyrrole nitrogens is 1. The maximum absolute atomic E-state index is 11.5. The minimum absolute atomic E-state index is 0.197. The van der Waals surface area contributed by atoms with E-state index in [1.54, 1.807) is 0 Å². The van der Waals surface area contributed by atoms with Gasteiger partial charge in [-0.15, -0.1) is 0 Å². The second kappa shape index (κ2) is 6.30. The van der Waals surface area contributed by atoms with Crippen LogP contribution in [0.3, 0.4) is 0 Å². The molecule has 21 heavy (non-hydrogen) atoms. The van der Waals surface area contributed by atoms with Crippen molar-refractivity contribution in [2.45, 2.75) is 19.3 Å². The van der Waals surface area contributed by atoms with Gasteiger partial charge in [-0.05, 0) is 59.5 Å². The summed E-state index contributed by atoms with van der Waals surface area (Å²) < 4.78 is 0.408. The number of rotatable bonds is 3. The van der Waals surface area contributed by atoms with Crippen LogP contribution in [0.5, 0.6) is 0 Å². The van der Waals surface area contributed by atoms with E-state index in [2.05, 4.69) is 48.2 Å². The van der Waals surface area contributed by atoms with Crippen molar-refractivity contribution in [3.63, 3.8) is 0 Å². The number of aromatic amines is 1. The van der Waals surface area contributed by atoms with Gasteiger partial charge in [-0.25, -0.2) is 4.98 Å². The Morgan fingerprint density at radius 2 is 1.86 bits per heavy atom. The van der Waals surface area contributed by atoms with Gasteiger partial charge in [-0.2, -0.15) is 0 Å². The summed E-state index contributed by atoms with van der Waals surface area (Å²) in [6.45, 7) is 2.27. The summed E-state index contributed by atoms with van der Waals surface area (Å²) in [5.74, 6) is 0.518. The first-order valence-corrected chi connectivity index (χ1v) is 7.88. The van der Waals surface area contributed by atoms with E-state index < -0.39 is 0 Å². The molecule has 2 N–H and O–H groups in total. The zero-order chi connectivity index (χ0) is 14.7. The minimum atomic E-state index is -0.197. The molecule has 1 aliphatic rings. The number of benzene rings is 1. The number of piperidine rings is 1. The normalized spacial score (nSPS) is 15.0. The first-order valence-electron chi connectivity index (χ1n) is 7.09. The summed E-state index contributed by atoms with van der Waals surface area (Å²) in [4.78, 5) is 20.6. The van der Waals surface area contributed by atoms with Crippen LogP contribution in [0.15, 0.2) is 39.9 Å². The molecule has 0 atom stereocenters. The quantitative estimate of drug-likeness (QED) is 0.893. The Labute approximate surface area is 131 Å². The van der Waals surface area contributed by atoms with E-state index in [1.165, 1.54) is 31.3 Å². The summed E-state index contributed by atoms with van der Waals surface area (Å²) >= 11 is 3.24. The monoisotopic (exact) mass is 348 g/mol. The molecule has 6 heteroatoms. The molecule has 1 aromatic heterocycles. The van der Waals surface area contributed by atoms with E-state index in [0.29, 0.717) is 10.3 Å². The number of halogens is 1. The van der Waals surface area contributed by atoms with Crippen molar-refractivity contribution in [1.29, 1.82) is 0 Å². The topological polar surface area (TPSA) is 61.0 Å². The minimum Gasteiger partial charge on any atom is -0.372 e. The van der Waals surface area contributed by atoms with Crippen LogP contribution in [-0.4, -0.2) is 23.1 Å². The number of nitrogens with one attached hydrogen (secondary N) is 2. The predicted molar refractivity (Wildman–Crippen MR) is 88.3 cm³/mol.